The number of esters is 1. The minimum absolute atomic E-state index is 0.280. The van der Waals surface area contributed by atoms with Crippen molar-refractivity contribution in [2.45, 2.75) is 12.8 Å². The van der Waals surface area contributed by atoms with Crippen LogP contribution in [0.1, 0.15) is 17.5 Å². The van der Waals surface area contributed by atoms with Gasteiger partial charge in [-0.1, -0.05) is 36.4 Å². The van der Waals surface area contributed by atoms with Gasteiger partial charge in [-0.05, 0) is 29.7 Å². The summed E-state index contributed by atoms with van der Waals surface area (Å²) < 4.78 is 15.6. The highest BCUT2D eigenvalue weighted by Gasteiger charge is 2.08. The van der Waals surface area contributed by atoms with Gasteiger partial charge in [0.25, 0.3) is 0 Å². The molecule has 0 aliphatic heterocycles. The predicted octanol–water partition coefficient (Wildman–Crippen LogP) is 3.85. The first-order valence-corrected chi connectivity index (χ1v) is 7.35. The number of hydrogen-bond acceptors (Lipinski definition) is 4. The molecule has 0 aromatic heterocycles. The minimum atomic E-state index is -0.282. The second-order valence-electron chi connectivity index (χ2n) is 4.88. The Labute approximate surface area is 136 Å². The summed E-state index contributed by atoms with van der Waals surface area (Å²) in [5, 5.41) is 0. The molecule has 0 saturated heterocycles. The average Bonchev–Trinajstić information content (AvgIpc) is 2.60. The summed E-state index contributed by atoms with van der Waals surface area (Å²) in [5.41, 5.74) is 1.93. The van der Waals surface area contributed by atoms with Crippen LogP contribution >= 0.6 is 0 Å². The number of ether oxygens (including phenoxy) is 3. The molecule has 0 heterocycles. The van der Waals surface area contributed by atoms with E-state index < -0.39 is 0 Å². The van der Waals surface area contributed by atoms with E-state index >= 15 is 0 Å². The van der Waals surface area contributed by atoms with Crippen molar-refractivity contribution in [1.82, 2.24) is 0 Å². The summed E-state index contributed by atoms with van der Waals surface area (Å²) in [6, 6.07) is 15.2. The van der Waals surface area contributed by atoms with E-state index in [1.165, 1.54) is 6.26 Å². The Morgan fingerprint density at radius 1 is 1.04 bits per heavy atom. The maximum absolute atomic E-state index is 11.8. The highest BCUT2D eigenvalue weighted by Crippen LogP contribution is 2.25. The third-order valence-electron chi connectivity index (χ3n) is 3.35. The fourth-order valence-corrected chi connectivity index (χ4v) is 2.11. The summed E-state index contributed by atoms with van der Waals surface area (Å²) in [7, 11) is 3.20. The molecule has 0 aliphatic rings. The molecule has 0 unspecified atom stereocenters. The molecule has 4 heteroatoms. The Morgan fingerprint density at radius 3 is 2.52 bits per heavy atom. The van der Waals surface area contributed by atoms with Crippen LogP contribution in [0.2, 0.25) is 0 Å². The van der Waals surface area contributed by atoms with Gasteiger partial charge in [0, 0.05) is 6.07 Å². The van der Waals surface area contributed by atoms with Crippen LogP contribution in [0, 0.1) is 0 Å². The van der Waals surface area contributed by atoms with Gasteiger partial charge in [0.1, 0.15) is 11.5 Å². The Hall–Kier alpha value is -2.75. The zero-order chi connectivity index (χ0) is 16.5. The molecule has 0 N–H and O–H groups in total. The maximum Gasteiger partial charge on any atom is 0.310 e. The molecular formula is C19H20O4. The van der Waals surface area contributed by atoms with E-state index in [0.717, 1.165) is 16.9 Å². The van der Waals surface area contributed by atoms with Crippen LogP contribution in [0.15, 0.2) is 54.8 Å². The van der Waals surface area contributed by atoms with Crippen LogP contribution in [0.5, 0.6) is 11.5 Å². The molecule has 23 heavy (non-hydrogen) atoms. The molecule has 0 aliphatic carbocycles. The van der Waals surface area contributed by atoms with Gasteiger partial charge in [-0.15, -0.1) is 0 Å². The molecule has 0 fully saturated rings. The van der Waals surface area contributed by atoms with E-state index in [4.69, 9.17) is 14.2 Å². The van der Waals surface area contributed by atoms with Gasteiger partial charge < -0.3 is 14.2 Å². The predicted molar refractivity (Wildman–Crippen MR) is 89.4 cm³/mol. The van der Waals surface area contributed by atoms with Crippen molar-refractivity contribution in [3.05, 3.63) is 65.9 Å². The molecule has 0 saturated carbocycles. The van der Waals surface area contributed by atoms with Gasteiger partial charge in [-0.2, -0.15) is 0 Å². The fraction of sp³-hybridized carbons (Fsp3) is 0.211. The first-order valence-electron chi connectivity index (χ1n) is 7.35. The van der Waals surface area contributed by atoms with E-state index in [1.807, 2.05) is 42.5 Å². The molecule has 2 rings (SSSR count). The third kappa shape index (κ3) is 5.18. The molecule has 2 aromatic rings. The van der Waals surface area contributed by atoms with E-state index in [1.54, 1.807) is 26.4 Å². The lowest BCUT2D eigenvalue weighted by Gasteiger charge is -2.09. The van der Waals surface area contributed by atoms with Gasteiger partial charge in [-0.3, -0.25) is 4.79 Å². The van der Waals surface area contributed by atoms with Crippen LogP contribution in [-0.4, -0.2) is 20.2 Å². The lowest BCUT2D eigenvalue weighted by atomic mass is 10.1. The van der Waals surface area contributed by atoms with Crippen molar-refractivity contribution in [2.75, 3.05) is 14.2 Å². The zero-order valence-corrected chi connectivity index (χ0v) is 13.3. The topological polar surface area (TPSA) is 44.8 Å². The van der Waals surface area contributed by atoms with Gasteiger partial charge in [0.05, 0.1) is 26.9 Å². The molecule has 0 amide bonds. The third-order valence-corrected chi connectivity index (χ3v) is 3.35. The average molecular weight is 312 g/mol. The number of carbonyl (C=O) groups excluding carboxylic acids is 1. The standard InChI is InChI=1S/C19H20O4/c1-21-17-10-8-16(18(14-17)22-2)9-11-19(20)23-13-12-15-6-4-3-5-7-15/h3-8,10,12-14H,9,11H2,1-2H3. The second kappa shape index (κ2) is 8.63. The van der Waals surface area contributed by atoms with Crippen LogP contribution in [0.3, 0.4) is 0 Å². The van der Waals surface area contributed by atoms with Crippen molar-refractivity contribution in [3.8, 4) is 11.5 Å². The Kier molecular flexibility index (Phi) is 6.24. The van der Waals surface area contributed by atoms with Crippen LogP contribution in [0.4, 0.5) is 0 Å². The van der Waals surface area contributed by atoms with Gasteiger partial charge in [-0.25, -0.2) is 0 Å². The minimum Gasteiger partial charge on any atom is -0.497 e. The highest BCUT2D eigenvalue weighted by molar-refractivity contribution is 5.71. The number of benzene rings is 2. The Bertz CT molecular complexity index is 662. The molecule has 0 atom stereocenters. The molecule has 0 radical (unpaired) electrons. The zero-order valence-electron chi connectivity index (χ0n) is 13.3. The smallest absolute Gasteiger partial charge is 0.310 e. The lowest BCUT2D eigenvalue weighted by Crippen LogP contribution is -2.02. The molecule has 0 bridgehead atoms. The fourth-order valence-electron chi connectivity index (χ4n) is 2.11. The summed E-state index contributed by atoms with van der Waals surface area (Å²) in [6.07, 6.45) is 4.00. The van der Waals surface area contributed by atoms with Crippen molar-refractivity contribution in [1.29, 1.82) is 0 Å². The van der Waals surface area contributed by atoms with Crippen molar-refractivity contribution >= 4 is 12.0 Å². The molecule has 120 valence electrons. The van der Waals surface area contributed by atoms with Crippen LogP contribution < -0.4 is 9.47 Å². The summed E-state index contributed by atoms with van der Waals surface area (Å²) >= 11 is 0. The molecule has 2 aromatic carbocycles. The largest absolute Gasteiger partial charge is 0.497 e. The van der Waals surface area contributed by atoms with Gasteiger partial charge in [0.15, 0.2) is 0 Å². The molecule has 0 spiro atoms. The number of hydrogen-bond donors (Lipinski definition) is 0. The highest BCUT2D eigenvalue weighted by atomic mass is 16.5. The van der Waals surface area contributed by atoms with E-state index in [-0.39, 0.29) is 12.4 Å². The van der Waals surface area contributed by atoms with Crippen LogP contribution in [0.25, 0.3) is 6.08 Å². The van der Waals surface area contributed by atoms with E-state index in [2.05, 4.69) is 0 Å². The summed E-state index contributed by atoms with van der Waals surface area (Å²) in [4.78, 5) is 11.8. The van der Waals surface area contributed by atoms with Crippen LogP contribution in [-0.2, 0) is 16.0 Å². The first kappa shape index (κ1) is 16.6. The van der Waals surface area contributed by atoms with Crippen molar-refractivity contribution < 1.29 is 19.0 Å². The SMILES string of the molecule is COc1ccc(CCC(=O)OC=Cc2ccccc2)c(OC)c1. The molecule has 4 nitrogen and oxygen atoms in total. The molecular weight excluding hydrogens is 292 g/mol. The van der Waals surface area contributed by atoms with Gasteiger partial charge >= 0.3 is 5.97 Å². The number of carbonyl (C=O) groups is 1. The van der Waals surface area contributed by atoms with Crippen molar-refractivity contribution in [3.63, 3.8) is 0 Å². The number of aryl methyl sites for hydroxylation is 1. The summed E-state index contributed by atoms with van der Waals surface area (Å²) in [6.45, 7) is 0. The number of rotatable bonds is 7. The van der Waals surface area contributed by atoms with Crippen molar-refractivity contribution in [2.24, 2.45) is 0 Å². The second-order valence-corrected chi connectivity index (χ2v) is 4.88. The van der Waals surface area contributed by atoms with Gasteiger partial charge in [0.2, 0.25) is 0 Å². The lowest BCUT2D eigenvalue weighted by molar-refractivity contribution is -0.137. The first-order chi connectivity index (χ1) is 11.2. The van der Waals surface area contributed by atoms with E-state index in [0.29, 0.717) is 12.2 Å². The number of methoxy groups -OCH3 is 2. The maximum atomic E-state index is 11.8. The monoisotopic (exact) mass is 312 g/mol. The summed E-state index contributed by atoms with van der Waals surface area (Å²) in [5.74, 6) is 1.14. The normalized spacial score (nSPS) is 10.5. The Morgan fingerprint density at radius 2 is 1.83 bits per heavy atom. The van der Waals surface area contributed by atoms with E-state index in [9.17, 15) is 4.79 Å². The quantitative estimate of drug-likeness (QED) is 0.575. The Balaban J connectivity index is 1.86.